The van der Waals surface area contributed by atoms with Crippen molar-refractivity contribution in [3.05, 3.63) is 41.4 Å². The highest BCUT2D eigenvalue weighted by molar-refractivity contribution is 5.54. The Balaban J connectivity index is 2.92. The average Bonchev–Trinajstić information content (AvgIpc) is 2.24. The van der Waals surface area contributed by atoms with Gasteiger partial charge in [0.2, 0.25) is 0 Å². The maximum atomic E-state index is 12.8. The average molecular weight is 201 g/mol. The molecule has 3 nitrogen and oxygen atoms in total. The van der Waals surface area contributed by atoms with Crippen molar-refractivity contribution in [2.45, 2.75) is 6.92 Å². The summed E-state index contributed by atoms with van der Waals surface area (Å²) in [6, 6.07) is 7.67. The van der Waals surface area contributed by atoms with Gasteiger partial charge in [0, 0.05) is 11.9 Å². The zero-order chi connectivity index (χ0) is 11.3. The van der Waals surface area contributed by atoms with E-state index in [9.17, 15) is 4.39 Å². The third-order valence-electron chi connectivity index (χ3n) is 1.81. The molecule has 0 radical (unpaired) electrons. The molecule has 0 aliphatic heterocycles. The van der Waals surface area contributed by atoms with Gasteiger partial charge in [-0.2, -0.15) is 10.5 Å². The Labute approximate surface area is 87.1 Å². The van der Waals surface area contributed by atoms with E-state index in [2.05, 4.69) is 5.32 Å². The molecule has 0 atom stereocenters. The molecule has 0 amide bonds. The van der Waals surface area contributed by atoms with Crippen LogP contribution in [-0.4, -0.2) is 0 Å². The van der Waals surface area contributed by atoms with Crippen LogP contribution in [0.5, 0.6) is 0 Å². The van der Waals surface area contributed by atoms with E-state index >= 15 is 0 Å². The highest BCUT2D eigenvalue weighted by Crippen LogP contribution is 2.16. The van der Waals surface area contributed by atoms with E-state index in [1.807, 2.05) is 0 Å². The first kappa shape index (κ1) is 10.7. The second kappa shape index (κ2) is 4.78. The molecule has 0 aromatic heterocycles. The first-order valence-electron chi connectivity index (χ1n) is 4.20. The van der Waals surface area contributed by atoms with Gasteiger partial charge in [-0.15, -0.1) is 0 Å². The first-order chi connectivity index (χ1) is 7.17. The monoisotopic (exact) mass is 201 g/mol. The summed E-state index contributed by atoms with van der Waals surface area (Å²) in [7, 11) is 0. The maximum Gasteiger partial charge on any atom is 0.145 e. The van der Waals surface area contributed by atoms with Crippen LogP contribution in [0.1, 0.15) is 5.56 Å². The molecule has 0 saturated heterocycles. The minimum atomic E-state index is -0.369. The first-order valence-corrected chi connectivity index (χ1v) is 4.20. The van der Waals surface area contributed by atoms with E-state index in [4.69, 9.17) is 10.5 Å². The number of halogens is 1. The quantitative estimate of drug-likeness (QED) is 0.747. The Morgan fingerprint density at radius 2 is 2.07 bits per heavy atom. The summed E-state index contributed by atoms with van der Waals surface area (Å²) < 4.78 is 12.8. The molecule has 0 heterocycles. The molecule has 0 aliphatic rings. The predicted octanol–water partition coefficient (Wildman–Crippen LogP) is 2.48. The zero-order valence-corrected chi connectivity index (χ0v) is 8.08. The number of allylic oxidation sites excluding steroid dienone is 1. The van der Waals surface area contributed by atoms with Gasteiger partial charge in [-0.1, -0.05) is 6.07 Å². The van der Waals surface area contributed by atoms with Crippen molar-refractivity contribution >= 4 is 5.69 Å². The molecule has 1 N–H and O–H groups in total. The molecule has 0 fully saturated rings. The van der Waals surface area contributed by atoms with Crippen molar-refractivity contribution in [2.24, 2.45) is 0 Å². The molecular formula is C11H8FN3. The summed E-state index contributed by atoms with van der Waals surface area (Å²) in [5.74, 6) is -0.369. The van der Waals surface area contributed by atoms with E-state index in [1.165, 1.54) is 18.3 Å². The van der Waals surface area contributed by atoms with Crippen molar-refractivity contribution in [3.8, 4) is 12.1 Å². The third-order valence-corrected chi connectivity index (χ3v) is 1.81. The highest BCUT2D eigenvalue weighted by atomic mass is 19.1. The standard InChI is InChI=1S/C11H8FN3/c1-8-2-3-10(12)4-11(8)15-7-9(5-13)6-14/h2-4,7,15H,1H3. The van der Waals surface area contributed by atoms with Crippen LogP contribution in [0.2, 0.25) is 0 Å². The largest absolute Gasteiger partial charge is 0.360 e. The molecule has 1 aromatic carbocycles. The molecule has 0 unspecified atom stereocenters. The summed E-state index contributed by atoms with van der Waals surface area (Å²) in [5.41, 5.74) is 1.32. The fourth-order valence-electron chi connectivity index (χ4n) is 0.989. The van der Waals surface area contributed by atoms with E-state index < -0.39 is 0 Å². The van der Waals surface area contributed by atoms with Gasteiger partial charge < -0.3 is 5.32 Å². The van der Waals surface area contributed by atoms with Gasteiger partial charge in [-0.05, 0) is 24.6 Å². The Morgan fingerprint density at radius 1 is 1.40 bits per heavy atom. The number of hydrogen-bond acceptors (Lipinski definition) is 3. The molecule has 0 saturated carbocycles. The van der Waals surface area contributed by atoms with Gasteiger partial charge >= 0.3 is 0 Å². The SMILES string of the molecule is Cc1ccc(F)cc1NC=C(C#N)C#N. The lowest BCUT2D eigenvalue weighted by atomic mass is 10.2. The van der Waals surface area contributed by atoms with Crippen molar-refractivity contribution in [2.75, 3.05) is 5.32 Å². The van der Waals surface area contributed by atoms with E-state index in [0.717, 1.165) is 5.56 Å². The Morgan fingerprint density at radius 3 is 2.67 bits per heavy atom. The van der Waals surface area contributed by atoms with Crippen LogP contribution in [0.3, 0.4) is 0 Å². The number of rotatable bonds is 2. The normalized spacial score (nSPS) is 8.53. The lowest BCUT2D eigenvalue weighted by Gasteiger charge is -2.04. The number of nitrogens with one attached hydrogen (secondary N) is 1. The fourth-order valence-corrected chi connectivity index (χ4v) is 0.989. The van der Waals surface area contributed by atoms with Crippen LogP contribution in [0.4, 0.5) is 10.1 Å². The summed E-state index contributed by atoms with van der Waals surface area (Å²) in [6.45, 7) is 1.80. The van der Waals surface area contributed by atoms with Crippen LogP contribution in [-0.2, 0) is 0 Å². The van der Waals surface area contributed by atoms with Crippen LogP contribution >= 0.6 is 0 Å². The Bertz CT molecular complexity index is 462. The molecule has 4 heteroatoms. The number of aryl methyl sites for hydroxylation is 1. The number of anilines is 1. The smallest absolute Gasteiger partial charge is 0.145 e. The molecular weight excluding hydrogens is 193 g/mol. The van der Waals surface area contributed by atoms with E-state index in [1.54, 1.807) is 25.1 Å². The topological polar surface area (TPSA) is 59.6 Å². The van der Waals surface area contributed by atoms with Gasteiger partial charge in [0.15, 0.2) is 0 Å². The van der Waals surface area contributed by atoms with Gasteiger partial charge in [0.05, 0.1) is 0 Å². The fraction of sp³-hybridized carbons (Fsp3) is 0.0909. The summed E-state index contributed by atoms with van der Waals surface area (Å²) in [5, 5.41) is 19.7. The van der Waals surface area contributed by atoms with Gasteiger partial charge in [-0.3, -0.25) is 0 Å². The van der Waals surface area contributed by atoms with Crippen LogP contribution in [0, 0.1) is 35.4 Å². The van der Waals surface area contributed by atoms with Crippen LogP contribution in [0.15, 0.2) is 30.0 Å². The molecule has 15 heavy (non-hydrogen) atoms. The number of nitrogens with zero attached hydrogens (tertiary/aromatic N) is 2. The van der Waals surface area contributed by atoms with Crippen molar-refractivity contribution in [3.63, 3.8) is 0 Å². The van der Waals surface area contributed by atoms with E-state index in [-0.39, 0.29) is 11.4 Å². The summed E-state index contributed by atoms with van der Waals surface area (Å²) >= 11 is 0. The summed E-state index contributed by atoms with van der Waals surface area (Å²) in [6.07, 6.45) is 1.25. The van der Waals surface area contributed by atoms with E-state index in [0.29, 0.717) is 5.69 Å². The lowest BCUT2D eigenvalue weighted by Crippen LogP contribution is -1.93. The zero-order valence-electron chi connectivity index (χ0n) is 8.08. The van der Waals surface area contributed by atoms with Crippen LogP contribution in [0.25, 0.3) is 0 Å². The molecule has 0 bridgehead atoms. The predicted molar refractivity (Wildman–Crippen MR) is 54.1 cm³/mol. The van der Waals surface area contributed by atoms with Crippen LogP contribution < -0.4 is 5.32 Å². The molecule has 74 valence electrons. The van der Waals surface area contributed by atoms with Gasteiger partial charge in [0.1, 0.15) is 23.5 Å². The van der Waals surface area contributed by atoms with Gasteiger partial charge in [-0.25, -0.2) is 4.39 Å². The second-order valence-corrected chi connectivity index (χ2v) is 2.89. The molecule has 1 aromatic rings. The second-order valence-electron chi connectivity index (χ2n) is 2.89. The van der Waals surface area contributed by atoms with Gasteiger partial charge in [0.25, 0.3) is 0 Å². The lowest BCUT2D eigenvalue weighted by molar-refractivity contribution is 0.628. The minimum absolute atomic E-state index is 0.0568. The third kappa shape index (κ3) is 2.82. The number of nitriles is 2. The highest BCUT2D eigenvalue weighted by Gasteiger charge is 1.98. The molecule has 0 aliphatic carbocycles. The Kier molecular flexibility index (Phi) is 3.43. The van der Waals surface area contributed by atoms with Crippen molar-refractivity contribution in [1.29, 1.82) is 10.5 Å². The number of hydrogen-bond donors (Lipinski definition) is 1. The number of benzene rings is 1. The maximum absolute atomic E-state index is 12.8. The van der Waals surface area contributed by atoms with Crippen molar-refractivity contribution in [1.82, 2.24) is 0 Å². The van der Waals surface area contributed by atoms with Crippen molar-refractivity contribution < 1.29 is 4.39 Å². The molecule has 0 spiro atoms. The minimum Gasteiger partial charge on any atom is -0.360 e. The molecule has 1 rings (SSSR count). The summed E-state index contributed by atoms with van der Waals surface area (Å²) in [4.78, 5) is 0. The Hall–Kier alpha value is -2.33.